The highest BCUT2D eigenvalue weighted by Crippen LogP contribution is 2.17. The van der Waals surface area contributed by atoms with Crippen LogP contribution < -0.4 is 0 Å². The molecule has 0 N–H and O–H groups in total. The Kier molecular flexibility index (Phi) is 4.44. The van der Waals surface area contributed by atoms with E-state index in [-0.39, 0.29) is 4.75 Å². The maximum absolute atomic E-state index is 11.7. The van der Waals surface area contributed by atoms with E-state index in [0.29, 0.717) is 0 Å². The van der Waals surface area contributed by atoms with Gasteiger partial charge in [-0.2, -0.15) is 4.40 Å². The van der Waals surface area contributed by atoms with Gasteiger partial charge in [-0.3, -0.25) is 0 Å². The lowest BCUT2D eigenvalue weighted by Crippen LogP contribution is -2.19. The second-order valence-corrected chi connectivity index (χ2v) is 7.39. The molecule has 1 aromatic rings. The van der Waals surface area contributed by atoms with E-state index in [4.69, 9.17) is 0 Å². The van der Waals surface area contributed by atoms with E-state index in [1.807, 2.05) is 45.9 Å². The van der Waals surface area contributed by atoms with Gasteiger partial charge in [-0.05, 0) is 44.9 Å². The minimum absolute atomic E-state index is 0.307. The summed E-state index contributed by atoms with van der Waals surface area (Å²) in [6.07, 6.45) is 1.66. The van der Waals surface area contributed by atoms with Gasteiger partial charge in [0.25, 0.3) is 0 Å². The lowest BCUT2D eigenvalue weighted by Gasteiger charge is -2.12. The number of hydrogen-bond acceptors (Lipinski definition) is 1. The van der Waals surface area contributed by atoms with Gasteiger partial charge in [0.2, 0.25) is 0 Å². The van der Waals surface area contributed by atoms with Crippen molar-refractivity contribution in [3.05, 3.63) is 33.8 Å². The van der Waals surface area contributed by atoms with E-state index in [1.165, 1.54) is 5.56 Å². The van der Waals surface area contributed by atoms with Gasteiger partial charge in [-0.15, -0.1) is 0 Å². The first-order valence-electron chi connectivity index (χ1n) is 5.03. The first kappa shape index (κ1) is 13.6. The Bertz CT molecular complexity index is 435. The largest absolute Gasteiger partial charge is 0.234 e. The summed E-state index contributed by atoms with van der Waals surface area (Å²) in [6, 6.07) is 5.94. The Morgan fingerprint density at radius 2 is 2.00 bits per heavy atom. The molecule has 0 radical (unpaired) electrons. The van der Waals surface area contributed by atoms with Crippen molar-refractivity contribution in [3.8, 4) is 0 Å². The van der Waals surface area contributed by atoms with Gasteiger partial charge >= 0.3 is 0 Å². The molecular weight excluding hydrogens is 286 g/mol. The van der Waals surface area contributed by atoms with Gasteiger partial charge < -0.3 is 0 Å². The average molecular weight is 302 g/mol. The molecule has 2 nitrogen and oxygen atoms in total. The van der Waals surface area contributed by atoms with Crippen molar-refractivity contribution in [2.75, 3.05) is 0 Å². The Morgan fingerprint density at radius 3 is 2.50 bits per heavy atom. The summed E-state index contributed by atoms with van der Waals surface area (Å²) in [5.74, 6) is 0. The molecule has 0 bridgehead atoms. The van der Waals surface area contributed by atoms with E-state index >= 15 is 0 Å². The molecule has 88 valence electrons. The molecule has 0 aromatic heterocycles. The fraction of sp³-hybridized carbons (Fsp3) is 0.417. The normalized spacial score (nSPS) is 14.3. The lowest BCUT2D eigenvalue weighted by atomic mass is 10.2. The summed E-state index contributed by atoms with van der Waals surface area (Å²) in [5.41, 5.74) is 2.13. The Hall–Kier alpha value is -0.480. The van der Waals surface area contributed by atoms with Gasteiger partial charge in [0.05, 0.1) is 4.75 Å². The van der Waals surface area contributed by atoms with Crippen molar-refractivity contribution in [1.82, 2.24) is 0 Å². The van der Waals surface area contributed by atoms with Gasteiger partial charge in [0.15, 0.2) is 0 Å². The maximum atomic E-state index is 11.7. The first-order chi connectivity index (χ1) is 7.30. The van der Waals surface area contributed by atoms with Crippen molar-refractivity contribution in [1.29, 1.82) is 0 Å². The number of aryl methyl sites for hydroxylation is 1. The minimum atomic E-state index is -1.20. The van der Waals surface area contributed by atoms with Gasteiger partial charge in [-0.1, -0.05) is 28.1 Å². The fourth-order valence-electron chi connectivity index (χ4n) is 0.956. The molecule has 1 atom stereocenters. The van der Waals surface area contributed by atoms with Gasteiger partial charge in [0, 0.05) is 10.7 Å². The summed E-state index contributed by atoms with van der Waals surface area (Å²) in [6.45, 7) is 7.75. The van der Waals surface area contributed by atoms with Crippen LogP contribution in [0.5, 0.6) is 0 Å². The zero-order chi connectivity index (χ0) is 12.3. The van der Waals surface area contributed by atoms with E-state index < -0.39 is 11.0 Å². The molecule has 0 heterocycles. The number of hydrogen-bond donors (Lipinski definition) is 0. The fourth-order valence-corrected chi connectivity index (χ4v) is 1.89. The Labute approximate surface area is 108 Å². The van der Waals surface area contributed by atoms with Crippen LogP contribution >= 0.6 is 15.9 Å². The van der Waals surface area contributed by atoms with Crippen LogP contribution in [0.1, 0.15) is 31.9 Å². The molecule has 0 aliphatic heterocycles. The van der Waals surface area contributed by atoms with Crippen LogP contribution in [0.2, 0.25) is 0 Å². The van der Waals surface area contributed by atoms with Crippen LogP contribution in [0.4, 0.5) is 0 Å². The highest BCUT2D eigenvalue weighted by Gasteiger charge is 2.17. The summed E-state index contributed by atoms with van der Waals surface area (Å²) >= 11 is 3.46. The molecule has 0 amide bonds. The minimum Gasteiger partial charge on any atom is -0.234 e. The maximum Gasteiger partial charge on any atom is 0.144 e. The molecule has 4 heteroatoms. The van der Waals surface area contributed by atoms with Crippen molar-refractivity contribution >= 4 is 33.1 Å². The standard InChI is InChI=1S/C12H16BrNOS/c1-9-5-6-10(7-11(9)13)8-14-16(15)12(2,3)4/h5-8H,1-4H3/b14-8+/t16-/m1/s1. The highest BCUT2D eigenvalue weighted by molar-refractivity contribution is 9.10. The monoisotopic (exact) mass is 301 g/mol. The molecule has 1 aromatic carbocycles. The zero-order valence-corrected chi connectivity index (χ0v) is 12.4. The predicted molar refractivity (Wildman–Crippen MR) is 74.4 cm³/mol. The van der Waals surface area contributed by atoms with Gasteiger partial charge in [-0.25, -0.2) is 4.21 Å². The van der Waals surface area contributed by atoms with Crippen LogP contribution in [-0.2, 0) is 11.0 Å². The van der Waals surface area contributed by atoms with Gasteiger partial charge in [0.1, 0.15) is 11.0 Å². The van der Waals surface area contributed by atoms with Crippen LogP contribution in [-0.4, -0.2) is 15.2 Å². The Morgan fingerprint density at radius 1 is 1.38 bits per heavy atom. The molecule has 0 saturated heterocycles. The van der Waals surface area contributed by atoms with Crippen molar-refractivity contribution in [3.63, 3.8) is 0 Å². The van der Waals surface area contributed by atoms with E-state index in [2.05, 4.69) is 20.3 Å². The zero-order valence-electron chi connectivity index (χ0n) is 9.95. The third-order valence-electron chi connectivity index (χ3n) is 2.02. The van der Waals surface area contributed by atoms with E-state index in [1.54, 1.807) is 6.21 Å². The molecule has 0 aliphatic carbocycles. The van der Waals surface area contributed by atoms with Crippen LogP contribution in [0.25, 0.3) is 0 Å². The first-order valence-corrected chi connectivity index (χ1v) is 6.93. The summed E-state index contributed by atoms with van der Waals surface area (Å²) in [4.78, 5) is 0. The highest BCUT2D eigenvalue weighted by atomic mass is 79.9. The quantitative estimate of drug-likeness (QED) is 0.767. The average Bonchev–Trinajstić information content (AvgIpc) is 2.18. The number of benzene rings is 1. The van der Waals surface area contributed by atoms with Crippen LogP contribution in [0.15, 0.2) is 27.1 Å². The third kappa shape index (κ3) is 3.83. The molecule has 0 fully saturated rings. The number of nitrogens with zero attached hydrogens (tertiary/aromatic N) is 1. The molecule has 16 heavy (non-hydrogen) atoms. The second kappa shape index (κ2) is 5.23. The molecule has 0 saturated carbocycles. The Balaban J connectivity index is 2.85. The molecule has 0 unspecified atom stereocenters. The topological polar surface area (TPSA) is 29.4 Å². The molecule has 0 aliphatic rings. The lowest BCUT2D eigenvalue weighted by molar-refractivity contribution is 0.651. The van der Waals surface area contributed by atoms with Crippen molar-refractivity contribution < 1.29 is 4.21 Å². The SMILES string of the molecule is Cc1ccc(/C=N/[S@](=O)C(C)(C)C)cc1Br. The molecular formula is C12H16BrNOS. The van der Waals surface area contributed by atoms with Crippen LogP contribution in [0, 0.1) is 6.92 Å². The summed E-state index contributed by atoms with van der Waals surface area (Å²) < 4.78 is 16.5. The van der Waals surface area contributed by atoms with Crippen molar-refractivity contribution in [2.24, 2.45) is 4.40 Å². The molecule has 0 spiro atoms. The number of rotatable bonds is 2. The van der Waals surface area contributed by atoms with E-state index in [9.17, 15) is 4.21 Å². The summed E-state index contributed by atoms with van der Waals surface area (Å²) in [5, 5.41) is 0. The van der Waals surface area contributed by atoms with Crippen LogP contribution in [0.3, 0.4) is 0 Å². The second-order valence-electron chi connectivity index (χ2n) is 4.60. The van der Waals surface area contributed by atoms with E-state index in [0.717, 1.165) is 10.0 Å². The van der Waals surface area contributed by atoms with Crippen molar-refractivity contribution in [2.45, 2.75) is 32.4 Å². The number of halogens is 1. The predicted octanol–water partition coefficient (Wildman–Crippen LogP) is 3.64. The summed E-state index contributed by atoms with van der Waals surface area (Å²) in [7, 11) is -1.20. The smallest absolute Gasteiger partial charge is 0.144 e. The third-order valence-corrected chi connectivity index (χ3v) is 4.22. The molecule has 1 rings (SSSR count).